The maximum Gasteiger partial charge on any atom is 0.0479 e. The molecule has 2 rings (SSSR count). The molecule has 2 aliphatic rings. The summed E-state index contributed by atoms with van der Waals surface area (Å²) >= 11 is 1.50. The Kier molecular flexibility index (Phi) is 1.43. The van der Waals surface area contributed by atoms with E-state index >= 15 is 0 Å². The highest BCUT2D eigenvalue weighted by Crippen LogP contribution is 2.30. The minimum absolute atomic E-state index is 1.29. The Hall–Kier alpha value is -0.890. The van der Waals surface area contributed by atoms with Crippen LogP contribution in [-0.4, -0.2) is 4.37 Å². The van der Waals surface area contributed by atoms with Gasteiger partial charge in [-0.2, -0.15) is 0 Å². The number of hydrogen-bond donors (Lipinski definition) is 0. The van der Waals surface area contributed by atoms with Crippen molar-refractivity contribution in [2.24, 2.45) is 0 Å². The second-order valence-electron chi connectivity index (χ2n) is 2.78. The van der Waals surface area contributed by atoms with Crippen molar-refractivity contribution in [3.63, 3.8) is 0 Å². The van der Waals surface area contributed by atoms with Crippen LogP contribution in [-0.2, 0) is 0 Å². The van der Waals surface area contributed by atoms with E-state index < -0.39 is 0 Å². The van der Waals surface area contributed by atoms with Gasteiger partial charge in [0, 0.05) is 17.1 Å². The molecule has 0 saturated heterocycles. The van der Waals surface area contributed by atoms with Crippen molar-refractivity contribution in [2.45, 2.75) is 13.8 Å². The third-order valence-corrected chi connectivity index (χ3v) is 2.69. The van der Waals surface area contributed by atoms with Crippen LogP contribution in [0.4, 0.5) is 0 Å². The van der Waals surface area contributed by atoms with Crippen LogP contribution < -0.4 is 0 Å². The molecular formula is C9H9NS. The first-order chi connectivity index (χ1) is 5.29. The first-order valence-corrected chi connectivity index (χ1v) is 4.42. The molecule has 0 aromatic carbocycles. The summed E-state index contributed by atoms with van der Waals surface area (Å²) in [7, 11) is 0. The lowest BCUT2D eigenvalue weighted by Crippen LogP contribution is -1.75. The summed E-state index contributed by atoms with van der Waals surface area (Å²) in [5, 5.41) is 2.09. The number of rotatable bonds is 0. The summed E-state index contributed by atoms with van der Waals surface area (Å²) in [6.07, 6.45) is 1.95. The molecule has 0 aromatic rings. The van der Waals surface area contributed by atoms with Crippen molar-refractivity contribution in [3.8, 4) is 11.1 Å². The Morgan fingerprint density at radius 1 is 1.36 bits per heavy atom. The van der Waals surface area contributed by atoms with E-state index in [9.17, 15) is 0 Å². The average Bonchev–Trinajstić information content (AvgIpc) is 2.30. The minimum atomic E-state index is 1.29. The maximum absolute atomic E-state index is 4.13. The van der Waals surface area contributed by atoms with Crippen LogP contribution in [0.5, 0.6) is 0 Å². The fourth-order valence-electron chi connectivity index (χ4n) is 1.29. The van der Waals surface area contributed by atoms with Gasteiger partial charge in [0.25, 0.3) is 0 Å². The van der Waals surface area contributed by atoms with Crippen LogP contribution in [0, 0.1) is 13.8 Å². The Morgan fingerprint density at radius 3 is 2.91 bits per heavy atom. The molecule has 1 aliphatic heterocycles. The van der Waals surface area contributed by atoms with Crippen molar-refractivity contribution in [3.05, 3.63) is 28.8 Å². The largest absolute Gasteiger partial charge is 0.201 e. The van der Waals surface area contributed by atoms with Crippen LogP contribution in [0.2, 0.25) is 0 Å². The van der Waals surface area contributed by atoms with E-state index in [1.165, 1.54) is 33.8 Å². The Labute approximate surface area is 70.2 Å². The monoisotopic (exact) mass is 163 g/mol. The smallest absolute Gasteiger partial charge is 0.0479 e. The predicted molar refractivity (Wildman–Crippen MR) is 48.2 cm³/mol. The normalized spacial score (nSPS) is 10.7. The highest BCUT2D eigenvalue weighted by Gasteiger charge is 2.08. The van der Waals surface area contributed by atoms with Gasteiger partial charge in [0.2, 0.25) is 0 Å². The number of aromatic nitrogens is 1. The van der Waals surface area contributed by atoms with Gasteiger partial charge in [-0.05, 0) is 42.1 Å². The molecule has 0 atom stereocenters. The van der Waals surface area contributed by atoms with E-state index in [2.05, 4.69) is 29.7 Å². The third-order valence-electron chi connectivity index (χ3n) is 2.10. The van der Waals surface area contributed by atoms with Crippen molar-refractivity contribution in [1.29, 1.82) is 0 Å². The van der Waals surface area contributed by atoms with Gasteiger partial charge in [-0.3, -0.25) is 0 Å². The van der Waals surface area contributed by atoms with E-state index in [1.54, 1.807) is 0 Å². The molecule has 1 aliphatic carbocycles. The quantitative estimate of drug-likeness (QED) is 0.582. The molecular weight excluding hydrogens is 154 g/mol. The SMILES string of the molecule is Cc1cc2csncc-2c1C. The van der Waals surface area contributed by atoms with Crippen LogP contribution >= 0.6 is 11.5 Å². The first kappa shape index (κ1) is 6.80. The Morgan fingerprint density at radius 2 is 2.18 bits per heavy atom. The van der Waals surface area contributed by atoms with E-state index in [0.717, 1.165) is 0 Å². The van der Waals surface area contributed by atoms with Gasteiger partial charge < -0.3 is 0 Å². The topological polar surface area (TPSA) is 12.9 Å². The molecule has 0 radical (unpaired) electrons. The summed E-state index contributed by atoms with van der Waals surface area (Å²) < 4.78 is 4.13. The van der Waals surface area contributed by atoms with Gasteiger partial charge in [-0.15, -0.1) is 0 Å². The maximum atomic E-state index is 4.13. The molecule has 0 saturated carbocycles. The fraction of sp³-hybridized carbons (Fsp3) is 0.222. The zero-order chi connectivity index (χ0) is 7.84. The van der Waals surface area contributed by atoms with Crippen LogP contribution in [0.1, 0.15) is 11.1 Å². The van der Waals surface area contributed by atoms with Gasteiger partial charge in [0.05, 0.1) is 0 Å². The zero-order valence-corrected chi connectivity index (χ0v) is 7.40. The number of fused-ring (bicyclic) bond motifs is 1. The molecule has 0 amide bonds. The number of nitrogens with zero attached hydrogens (tertiary/aromatic N) is 1. The second-order valence-corrected chi connectivity index (χ2v) is 3.44. The highest BCUT2D eigenvalue weighted by molar-refractivity contribution is 7.03. The Balaban J connectivity index is 2.81. The van der Waals surface area contributed by atoms with Crippen LogP contribution in [0.25, 0.3) is 11.1 Å². The standard InChI is InChI=1S/C9H9NS/c1-6-3-8-5-11-10-4-9(8)7(6)2/h3-5H,1-2H3. The third kappa shape index (κ3) is 0.942. The summed E-state index contributed by atoms with van der Waals surface area (Å²) in [6, 6.07) is 2.21. The summed E-state index contributed by atoms with van der Waals surface area (Å²) in [4.78, 5) is 0. The number of hydrogen-bond acceptors (Lipinski definition) is 2. The lowest BCUT2D eigenvalue weighted by atomic mass is 10.1. The summed E-state index contributed by atoms with van der Waals surface area (Å²) in [5.41, 5.74) is 5.33. The molecule has 0 fully saturated rings. The first-order valence-electron chi connectivity index (χ1n) is 3.58. The van der Waals surface area contributed by atoms with Crippen molar-refractivity contribution in [1.82, 2.24) is 4.37 Å². The molecule has 2 heteroatoms. The van der Waals surface area contributed by atoms with E-state index in [-0.39, 0.29) is 0 Å². The minimum Gasteiger partial charge on any atom is -0.201 e. The average molecular weight is 163 g/mol. The van der Waals surface area contributed by atoms with Gasteiger partial charge in [-0.25, -0.2) is 4.37 Å². The molecule has 11 heavy (non-hydrogen) atoms. The molecule has 0 unspecified atom stereocenters. The van der Waals surface area contributed by atoms with E-state index in [1.807, 2.05) is 6.20 Å². The molecule has 0 bridgehead atoms. The number of aryl methyl sites for hydroxylation is 1. The second kappa shape index (κ2) is 2.31. The van der Waals surface area contributed by atoms with Crippen molar-refractivity contribution < 1.29 is 0 Å². The van der Waals surface area contributed by atoms with Gasteiger partial charge in [0.15, 0.2) is 0 Å². The fourth-order valence-corrected chi connectivity index (χ4v) is 1.82. The zero-order valence-electron chi connectivity index (χ0n) is 6.59. The lowest BCUT2D eigenvalue weighted by Gasteiger charge is -1.95. The summed E-state index contributed by atoms with van der Waals surface area (Å²) in [5.74, 6) is 0. The molecule has 1 nitrogen and oxygen atoms in total. The van der Waals surface area contributed by atoms with E-state index in [0.29, 0.717) is 0 Å². The van der Waals surface area contributed by atoms with Crippen molar-refractivity contribution in [2.75, 3.05) is 0 Å². The van der Waals surface area contributed by atoms with Gasteiger partial charge >= 0.3 is 0 Å². The van der Waals surface area contributed by atoms with Gasteiger partial charge in [0.1, 0.15) is 0 Å². The Bertz CT molecular complexity index is 347. The summed E-state index contributed by atoms with van der Waals surface area (Å²) in [6.45, 7) is 4.28. The molecule has 0 spiro atoms. The molecule has 0 aromatic heterocycles. The van der Waals surface area contributed by atoms with Crippen LogP contribution in [0.3, 0.4) is 0 Å². The lowest BCUT2D eigenvalue weighted by molar-refractivity contribution is 1.39. The van der Waals surface area contributed by atoms with E-state index in [4.69, 9.17) is 0 Å². The molecule has 1 heterocycles. The highest BCUT2D eigenvalue weighted by atomic mass is 32.1. The molecule has 0 N–H and O–H groups in total. The predicted octanol–water partition coefficient (Wildman–Crippen LogP) is 2.86. The van der Waals surface area contributed by atoms with Crippen molar-refractivity contribution >= 4 is 11.5 Å². The van der Waals surface area contributed by atoms with Gasteiger partial charge in [-0.1, -0.05) is 6.07 Å². The van der Waals surface area contributed by atoms with Crippen LogP contribution in [0.15, 0.2) is 17.6 Å². The molecule has 56 valence electrons.